The van der Waals surface area contributed by atoms with Crippen molar-refractivity contribution in [3.05, 3.63) is 33.9 Å². The zero-order valence-corrected chi connectivity index (χ0v) is 10.7. The van der Waals surface area contributed by atoms with Gasteiger partial charge in [0.15, 0.2) is 6.29 Å². The molecule has 0 aliphatic rings. The van der Waals surface area contributed by atoms with Crippen LogP contribution in [0.15, 0.2) is 18.2 Å². The molecular weight excluding hydrogens is 277 g/mol. The van der Waals surface area contributed by atoms with Crippen LogP contribution < -0.4 is 4.90 Å². The van der Waals surface area contributed by atoms with E-state index in [1.807, 2.05) is 0 Å². The van der Waals surface area contributed by atoms with Crippen LogP contribution in [-0.2, 0) is 0 Å². The summed E-state index contributed by atoms with van der Waals surface area (Å²) in [7, 11) is 0. The summed E-state index contributed by atoms with van der Waals surface area (Å²) in [5, 5.41) is 10.6. The number of rotatable bonds is 6. The van der Waals surface area contributed by atoms with Crippen LogP contribution in [0.25, 0.3) is 0 Å². The van der Waals surface area contributed by atoms with Crippen molar-refractivity contribution < 1.29 is 22.9 Å². The fourth-order valence-electron chi connectivity index (χ4n) is 1.81. The maximum Gasteiger partial charge on any atom is 0.405 e. The molecule has 0 aromatic heterocycles. The number of carbonyl (C=O) groups is 1. The highest BCUT2D eigenvalue weighted by atomic mass is 19.4. The van der Waals surface area contributed by atoms with Crippen molar-refractivity contribution in [2.24, 2.45) is 0 Å². The molecule has 0 saturated carbocycles. The number of halogens is 3. The van der Waals surface area contributed by atoms with Crippen LogP contribution in [0.2, 0.25) is 0 Å². The van der Waals surface area contributed by atoms with Crippen molar-refractivity contribution in [1.82, 2.24) is 0 Å². The van der Waals surface area contributed by atoms with Crippen molar-refractivity contribution in [3.63, 3.8) is 0 Å². The SMILES string of the molecule is CCCN(CC(F)(F)F)c1ccc([N+](=O)[O-])cc1C=O. The fourth-order valence-corrected chi connectivity index (χ4v) is 1.81. The number of hydrogen-bond donors (Lipinski definition) is 0. The van der Waals surface area contributed by atoms with Crippen LogP contribution in [0.3, 0.4) is 0 Å². The second-order valence-electron chi connectivity index (χ2n) is 4.15. The number of hydrogen-bond acceptors (Lipinski definition) is 4. The number of non-ortho nitro benzene ring substituents is 1. The van der Waals surface area contributed by atoms with Gasteiger partial charge in [0, 0.05) is 29.9 Å². The molecule has 0 amide bonds. The number of nitro benzene ring substituents is 1. The summed E-state index contributed by atoms with van der Waals surface area (Å²) in [6, 6.07) is 3.23. The van der Waals surface area contributed by atoms with Gasteiger partial charge >= 0.3 is 6.18 Å². The Morgan fingerprint density at radius 2 is 2.05 bits per heavy atom. The lowest BCUT2D eigenvalue weighted by Gasteiger charge is -2.26. The van der Waals surface area contributed by atoms with Gasteiger partial charge in [-0.15, -0.1) is 0 Å². The molecule has 0 unspecified atom stereocenters. The van der Waals surface area contributed by atoms with Gasteiger partial charge in [-0.25, -0.2) is 0 Å². The average Bonchev–Trinajstić information content (AvgIpc) is 2.35. The second-order valence-corrected chi connectivity index (χ2v) is 4.15. The van der Waals surface area contributed by atoms with Crippen LogP contribution in [0.1, 0.15) is 23.7 Å². The zero-order valence-electron chi connectivity index (χ0n) is 10.7. The first-order valence-electron chi connectivity index (χ1n) is 5.83. The Balaban J connectivity index is 3.18. The Morgan fingerprint density at radius 3 is 2.50 bits per heavy atom. The molecule has 1 aromatic carbocycles. The number of nitro groups is 1. The topological polar surface area (TPSA) is 63.4 Å². The third kappa shape index (κ3) is 4.22. The van der Waals surface area contributed by atoms with E-state index in [1.54, 1.807) is 6.92 Å². The maximum absolute atomic E-state index is 12.5. The van der Waals surface area contributed by atoms with Gasteiger partial charge in [0.1, 0.15) is 6.54 Å². The van der Waals surface area contributed by atoms with Gasteiger partial charge in [-0.3, -0.25) is 14.9 Å². The van der Waals surface area contributed by atoms with Crippen molar-refractivity contribution in [2.45, 2.75) is 19.5 Å². The number of aldehydes is 1. The lowest BCUT2D eigenvalue weighted by molar-refractivity contribution is -0.384. The third-order valence-corrected chi connectivity index (χ3v) is 2.55. The molecule has 0 heterocycles. The van der Waals surface area contributed by atoms with Crippen LogP contribution >= 0.6 is 0 Å². The zero-order chi connectivity index (χ0) is 15.3. The second kappa shape index (κ2) is 6.36. The van der Waals surface area contributed by atoms with Crippen LogP contribution in [-0.4, -0.2) is 30.5 Å². The lowest BCUT2D eigenvalue weighted by atomic mass is 10.1. The Bertz CT molecular complexity index is 503. The number of carbonyl (C=O) groups excluding carboxylic acids is 1. The molecule has 5 nitrogen and oxygen atoms in total. The highest BCUT2D eigenvalue weighted by Crippen LogP contribution is 2.27. The number of nitrogens with zero attached hydrogens (tertiary/aromatic N) is 2. The van der Waals surface area contributed by atoms with E-state index in [2.05, 4.69) is 0 Å². The van der Waals surface area contributed by atoms with Crippen LogP contribution in [0.5, 0.6) is 0 Å². The molecule has 0 radical (unpaired) electrons. The van der Waals surface area contributed by atoms with E-state index in [1.165, 1.54) is 6.07 Å². The maximum atomic E-state index is 12.5. The average molecular weight is 290 g/mol. The molecule has 0 saturated heterocycles. The molecule has 0 aliphatic heterocycles. The van der Waals surface area contributed by atoms with Gasteiger partial charge in [0.25, 0.3) is 5.69 Å². The molecule has 1 aromatic rings. The molecule has 0 fully saturated rings. The quantitative estimate of drug-likeness (QED) is 0.458. The molecular formula is C12H13F3N2O3. The van der Waals surface area contributed by atoms with E-state index < -0.39 is 17.6 Å². The number of benzene rings is 1. The van der Waals surface area contributed by atoms with E-state index in [0.717, 1.165) is 17.0 Å². The summed E-state index contributed by atoms with van der Waals surface area (Å²) in [6.45, 7) is 0.590. The summed E-state index contributed by atoms with van der Waals surface area (Å²) < 4.78 is 37.6. The molecule has 0 bridgehead atoms. The van der Waals surface area contributed by atoms with Crippen molar-refractivity contribution in [3.8, 4) is 0 Å². The standard InChI is InChI=1S/C12H13F3N2O3/c1-2-5-16(8-12(13,14)15)11-4-3-10(17(19)20)6-9(11)7-18/h3-4,6-7H,2,5,8H2,1H3. The molecule has 110 valence electrons. The molecule has 20 heavy (non-hydrogen) atoms. The molecule has 0 aliphatic carbocycles. The Morgan fingerprint density at radius 1 is 1.40 bits per heavy atom. The largest absolute Gasteiger partial charge is 0.405 e. The third-order valence-electron chi connectivity index (χ3n) is 2.55. The van der Waals surface area contributed by atoms with Crippen LogP contribution in [0.4, 0.5) is 24.5 Å². The fraction of sp³-hybridized carbons (Fsp3) is 0.417. The summed E-state index contributed by atoms with van der Waals surface area (Å²) in [5.41, 5.74) is -0.416. The summed E-state index contributed by atoms with van der Waals surface area (Å²) >= 11 is 0. The highest BCUT2D eigenvalue weighted by Gasteiger charge is 2.31. The molecule has 1 rings (SSSR count). The molecule has 0 N–H and O–H groups in total. The van der Waals surface area contributed by atoms with Crippen LogP contribution in [0, 0.1) is 10.1 Å². The monoisotopic (exact) mass is 290 g/mol. The van der Waals surface area contributed by atoms with E-state index >= 15 is 0 Å². The number of anilines is 1. The minimum atomic E-state index is -4.42. The first-order valence-corrected chi connectivity index (χ1v) is 5.83. The van der Waals surface area contributed by atoms with Crippen molar-refractivity contribution in [2.75, 3.05) is 18.0 Å². The highest BCUT2D eigenvalue weighted by molar-refractivity contribution is 5.86. The van der Waals surface area contributed by atoms with E-state index in [-0.39, 0.29) is 23.5 Å². The van der Waals surface area contributed by atoms with Crippen molar-refractivity contribution in [1.29, 1.82) is 0 Å². The van der Waals surface area contributed by atoms with Gasteiger partial charge in [-0.1, -0.05) is 6.92 Å². The smallest absolute Gasteiger partial charge is 0.362 e. The first-order chi connectivity index (χ1) is 9.28. The van der Waals surface area contributed by atoms with Gasteiger partial charge in [0.2, 0.25) is 0 Å². The molecule has 0 atom stereocenters. The van der Waals surface area contributed by atoms with E-state index in [4.69, 9.17) is 0 Å². The Labute approximate surface area is 113 Å². The van der Waals surface area contributed by atoms with Gasteiger partial charge in [-0.05, 0) is 12.5 Å². The van der Waals surface area contributed by atoms with Gasteiger partial charge in [-0.2, -0.15) is 13.2 Å². The summed E-state index contributed by atoms with van der Waals surface area (Å²) in [6.07, 6.45) is -3.65. The summed E-state index contributed by atoms with van der Waals surface area (Å²) in [5.74, 6) is 0. The van der Waals surface area contributed by atoms with E-state index in [0.29, 0.717) is 12.7 Å². The predicted octanol–water partition coefficient (Wildman–Crippen LogP) is 3.19. The Hall–Kier alpha value is -2.12. The first kappa shape index (κ1) is 15.9. The molecule has 0 spiro atoms. The lowest BCUT2D eigenvalue weighted by Crippen LogP contribution is -2.35. The van der Waals surface area contributed by atoms with Gasteiger partial charge in [0.05, 0.1) is 4.92 Å². The van der Waals surface area contributed by atoms with E-state index in [9.17, 15) is 28.1 Å². The molecule has 8 heteroatoms. The minimum absolute atomic E-state index is 0.0461. The summed E-state index contributed by atoms with van der Waals surface area (Å²) in [4.78, 5) is 21.8. The minimum Gasteiger partial charge on any atom is -0.362 e. The number of alkyl halides is 3. The predicted molar refractivity (Wildman–Crippen MR) is 67.0 cm³/mol. The Kier molecular flexibility index (Phi) is 5.06. The van der Waals surface area contributed by atoms with Gasteiger partial charge < -0.3 is 4.90 Å². The van der Waals surface area contributed by atoms with Crippen molar-refractivity contribution >= 4 is 17.7 Å². The normalized spacial score (nSPS) is 11.2.